The molecular weight excluding hydrogens is 7250 g/mol. The van der Waals surface area contributed by atoms with E-state index in [2.05, 4.69) is 542 Å². The molecule has 8 nitrogen and oxygen atoms in total. The fraction of sp³-hybridized carbons (Fsp3) is 0.382. The van der Waals surface area contributed by atoms with Crippen molar-refractivity contribution in [2.24, 2.45) is 17.8 Å². The first-order valence-electron chi connectivity index (χ1n) is 21.5. The maximum Gasteiger partial charge on any atom is 0.210 e. The summed E-state index contributed by atoms with van der Waals surface area (Å²) in [5, 5.41) is 31.3. The Balaban J connectivity index is 0.000000613. The summed E-state index contributed by atoms with van der Waals surface area (Å²) in [6.07, 6.45) is 7.80. The number of phenols is 1. The van der Waals surface area contributed by atoms with Crippen molar-refractivity contribution in [1.82, 2.24) is 5.16 Å². The Bertz CT molecular complexity index is 2900. The molecule has 3 N–H and O–H groups in total. The zero-order chi connectivity index (χ0) is 73.3. The molecule has 3 aliphatic carbocycles. The molecule has 0 spiro atoms. The van der Waals surface area contributed by atoms with Crippen LogP contribution >= 0.6 is 727 Å². The van der Waals surface area contributed by atoms with Crippen molar-refractivity contribution in [3.05, 3.63) is 77.4 Å². The molecule has 1 aromatic heterocycles. The van der Waals surface area contributed by atoms with Gasteiger partial charge in [-0.1, -0.05) is 46.7 Å². The minimum atomic E-state index is -0.856. The molecule has 7 rings (SSSR count). The van der Waals surface area contributed by atoms with Gasteiger partial charge in [0.05, 0.1) is 29.7 Å². The minimum Gasteiger partial charge on any atom is -0.505 e. The van der Waals surface area contributed by atoms with E-state index in [1.165, 1.54) is 68.1 Å². The first kappa shape index (κ1) is 129. The van der Waals surface area contributed by atoms with Gasteiger partial charge in [-0.2, -0.15) is 10.5 Å². The van der Waals surface area contributed by atoms with Gasteiger partial charge in [0.15, 0.2) is 34.7 Å². The number of nitrogen functional groups attached to an aromatic ring is 1. The number of nitriles is 2. The van der Waals surface area contributed by atoms with E-state index in [9.17, 15) is 8.78 Å². The van der Waals surface area contributed by atoms with E-state index in [1.54, 1.807) is 24.3 Å². The molecule has 0 radical (unpaired) electrons. The van der Waals surface area contributed by atoms with Crippen molar-refractivity contribution in [3.63, 3.8) is 0 Å². The number of aromatic hydroxyl groups is 1. The van der Waals surface area contributed by atoms with Gasteiger partial charge in [-0.15, -0.1) is 0 Å². The number of benzene rings is 3. The Hall–Kier alpha value is 33.6. The first-order chi connectivity index (χ1) is 44.8. The monoisotopic (exact) mass is 7280 g/mol. The van der Waals surface area contributed by atoms with Gasteiger partial charge in [0.25, 0.3) is 0 Å². The van der Waals surface area contributed by atoms with Gasteiger partial charge in [-0.25, -0.2) is 8.78 Å². The van der Waals surface area contributed by atoms with Crippen LogP contribution in [0.15, 0.2) is 59.1 Å². The fourth-order valence-electron chi connectivity index (χ4n) is 4.26. The van der Waals surface area contributed by atoms with Crippen LogP contribution in [0.3, 0.4) is 0 Å². The Morgan fingerprint density at radius 2 is 0.701 bits per heavy atom. The van der Waals surface area contributed by atoms with E-state index in [0.29, 0.717) is 23.9 Å². The van der Waals surface area contributed by atoms with Crippen LogP contribution in [0.25, 0.3) is 11.0 Å². The van der Waals surface area contributed by atoms with Crippen molar-refractivity contribution in [3.8, 4) is 29.4 Å². The van der Waals surface area contributed by atoms with Crippen LogP contribution in [0.5, 0.6) is 17.2 Å². The van der Waals surface area contributed by atoms with Gasteiger partial charge in [-0.05, 0) is 92.7 Å². The largest absolute Gasteiger partial charge is 0.505 e. The second-order valence-electron chi connectivity index (χ2n) is 14.7. The number of hydrogen-bond donors (Lipinski definition) is 2. The molecule has 3 aliphatic rings. The van der Waals surface area contributed by atoms with Gasteiger partial charge in [0.2, 0.25) is 5.58 Å². The summed E-state index contributed by atoms with van der Waals surface area (Å²) in [4.78, 5) is 0. The van der Waals surface area contributed by atoms with Crippen LogP contribution in [0.1, 0.15) is 57.1 Å². The average molecular weight is 7280 g/mol. The zero-order valence-corrected chi connectivity index (χ0v) is 157. The Labute approximate surface area is 937 Å². The third kappa shape index (κ3) is 54.0. The number of para-hydroxylation sites is 1. The van der Waals surface area contributed by atoms with E-state index in [0.717, 1.165) is 29.6 Å². The predicted molar refractivity (Wildman–Crippen MR) is 901 cm³/mol. The number of fused-ring (bicyclic) bond motifs is 1. The summed E-state index contributed by atoms with van der Waals surface area (Å²) in [5.74, 6) is 1.82. The van der Waals surface area contributed by atoms with Crippen LogP contribution in [-0.4, -0.2) is 28.8 Å². The van der Waals surface area contributed by atoms with Crippen LogP contribution in [0.2, 0.25) is 0 Å². The molecule has 602 valence electrons. The number of anilines is 1. The van der Waals surface area contributed by atoms with E-state index >= 15 is 0 Å². The van der Waals surface area contributed by atoms with Crippen LogP contribution in [0.4, 0.5) is 14.6 Å². The number of halogens is 55. The maximum absolute atomic E-state index is 13.4. The molecule has 1 heterocycles. The number of phenolic OH excluding ortho intramolecular Hbond substituents is 1. The summed E-state index contributed by atoms with van der Waals surface area (Å²) in [7, 11) is -10.7. The molecule has 0 bridgehead atoms. The van der Waals surface area contributed by atoms with Crippen molar-refractivity contribution < 1.29 is 27.9 Å². The molecule has 0 atom stereocenters. The Morgan fingerprint density at radius 3 is 0.969 bits per heavy atom. The van der Waals surface area contributed by atoms with Crippen molar-refractivity contribution in [2.45, 2.75) is 46.0 Å². The topological polar surface area (TPSA) is 138 Å². The number of ether oxygens (including phenoxy) is 2. The molecule has 4 aromatic rings. The molecule has 0 saturated heterocycles. The van der Waals surface area contributed by atoms with Crippen molar-refractivity contribution in [1.29, 1.82) is 10.5 Å². The number of alkyl halides is 1. The van der Waals surface area contributed by atoms with Crippen LogP contribution in [0, 0.1) is 52.1 Å². The van der Waals surface area contributed by atoms with Crippen molar-refractivity contribution in [2.75, 3.05) is 24.3 Å². The average Bonchev–Trinajstić information content (AvgIpc) is 1.70. The fourth-order valence-corrected chi connectivity index (χ4v) is 8390. The molecule has 3 saturated carbocycles. The van der Waals surface area contributed by atoms with Gasteiger partial charge in [0.1, 0.15) is 12.1 Å². The van der Waals surface area contributed by atoms with E-state index in [4.69, 9.17) is 35.4 Å². The first-order valence-corrected chi connectivity index (χ1v) is 337. The van der Waals surface area contributed by atoms with Crippen molar-refractivity contribution >= 4 is 743 Å². The standard InChI is InChI=1S/C11H10FNO.C11H12N2O2.C7H4FNO.C4H7Br.CH4.I28.I24/c12-11-9(6-13)2-1-3-10(11)14-7-8-4-5-8;12-11-8-2-1-3-9(10(8)15-13-11)14-6-7-4-5-7;8-7-5(4-9)2-1-3-6(7)10;5-3-4-1-2-4;;1-16(2)18(5)20(7)22(9)24(11)26(13)28(15)27(14)25(12)23(10)21(8)19(6)17(3)4;1-14(2)16(5)18(7)20(9)22(11)24(13)23(12)21(10)19(8)17(6)15(3)4/h1-3,8H,4-5,7H2;1-3,7H,4-6H2,(H2,12,13);1-3,10H;4H,1-3H2;1H4;;. The van der Waals surface area contributed by atoms with Crippen LogP contribution < -0.4 is 15.2 Å². The maximum atomic E-state index is 13.4. The van der Waals surface area contributed by atoms with Gasteiger partial charge in [-0.3, -0.25) is 0 Å². The minimum absolute atomic E-state index is 0. The summed E-state index contributed by atoms with van der Waals surface area (Å²) in [6.45, 7) is 1.32. The number of nitrogens with two attached hydrogens (primary N) is 1. The molecule has 0 unspecified atom stereocenters. The number of nitrogens with zero attached hydrogens (tertiary/aromatic N) is 3. The molecule has 63 heteroatoms. The SMILES string of the molecule is BrCC1CC1.C.II(I)I(I)I(I)I(I)I(I)I(I)I(I)I(I)I(I)I(I)I(I)I.II(I)I(I)I(I)I(I)I(I)I(I)I(I)I(I)I(I)I(I)I(I)I(I)I(I)I.N#Cc1cccc(O)c1F.N#Cc1cccc(OCC2CC2)c1F.Nc1noc2c(OCC3CC3)cccc12. The summed E-state index contributed by atoms with van der Waals surface area (Å²) in [6, 6.07) is 17.6. The molecule has 97 heavy (non-hydrogen) atoms. The summed E-state index contributed by atoms with van der Waals surface area (Å²) in [5.41, 5.74) is 6.20. The second-order valence-corrected chi connectivity index (χ2v) is 1180. The summed E-state index contributed by atoms with van der Waals surface area (Å²) < 4.78 is 42.0. The van der Waals surface area contributed by atoms with Gasteiger partial charge < -0.3 is 24.8 Å². The van der Waals surface area contributed by atoms with Crippen LogP contribution in [-0.2, 0) is 0 Å². The molecule has 0 amide bonds. The van der Waals surface area contributed by atoms with Gasteiger partial charge >= 0.3 is 711 Å². The molecule has 0 aliphatic heterocycles. The predicted octanol–water partition coefficient (Wildman–Crippen LogP) is 54.6. The Morgan fingerprint density at radius 1 is 0.433 bits per heavy atom. The quantitative estimate of drug-likeness (QED) is 0.0405. The van der Waals surface area contributed by atoms with E-state index in [-0.39, 0.29) is 24.3 Å². The molecule has 3 fully saturated rings. The van der Waals surface area contributed by atoms with E-state index < -0.39 is 207 Å². The zero-order valence-electron chi connectivity index (χ0n) is 43.7. The third-order valence-corrected chi connectivity index (χ3v) is 3640. The normalized spacial score (nSPS) is 16.5. The number of hydrogen-bond acceptors (Lipinski definition) is 8. The number of aromatic nitrogens is 1. The molecule has 3 aromatic carbocycles. The smallest absolute Gasteiger partial charge is 0.210 e. The second kappa shape index (κ2) is 75.4. The van der Waals surface area contributed by atoms with E-state index in [1.807, 2.05) is 18.2 Å². The summed E-state index contributed by atoms with van der Waals surface area (Å²) >= 11 is 90.4. The Kier molecular flexibility index (Phi) is 100.0. The molecular formula is C34H37BrF2I52N4O4. The van der Waals surface area contributed by atoms with Gasteiger partial charge in [0, 0.05) is 5.33 Å². The number of rotatable bonds is 29. The third-order valence-electron chi connectivity index (χ3n) is 8.73.